The molecule has 0 bridgehead atoms. The highest BCUT2D eigenvalue weighted by Crippen LogP contribution is 2.24. The van der Waals surface area contributed by atoms with Crippen LogP contribution in [0.3, 0.4) is 0 Å². The van der Waals surface area contributed by atoms with E-state index >= 15 is 0 Å². The maximum absolute atomic E-state index is 12.5. The number of thioether (sulfide) groups is 1. The monoisotopic (exact) mass is 422 g/mol. The molecule has 0 spiro atoms. The molecule has 1 atom stereocenters. The van der Waals surface area contributed by atoms with Crippen molar-refractivity contribution in [3.05, 3.63) is 93.4 Å². The molecule has 29 heavy (non-hydrogen) atoms. The van der Waals surface area contributed by atoms with Gasteiger partial charge in [-0.05, 0) is 30.7 Å². The van der Waals surface area contributed by atoms with E-state index in [4.69, 9.17) is 11.6 Å². The SMILES string of the molecule is C[C@H](Nc1nccc(SCc2ccccc2)n1)c1cc2cccc(Cl)c2[nH]c1=O. The summed E-state index contributed by atoms with van der Waals surface area (Å²) in [6.45, 7) is 1.91. The van der Waals surface area contributed by atoms with Gasteiger partial charge in [0.1, 0.15) is 5.03 Å². The van der Waals surface area contributed by atoms with E-state index in [0.29, 0.717) is 22.1 Å². The Morgan fingerprint density at radius 3 is 2.79 bits per heavy atom. The number of pyridine rings is 1. The van der Waals surface area contributed by atoms with Gasteiger partial charge in [-0.15, -0.1) is 11.8 Å². The fourth-order valence-corrected chi connectivity index (χ4v) is 4.07. The predicted molar refractivity (Wildman–Crippen MR) is 120 cm³/mol. The molecule has 0 saturated heterocycles. The summed E-state index contributed by atoms with van der Waals surface area (Å²) in [6, 6.07) is 19.3. The summed E-state index contributed by atoms with van der Waals surface area (Å²) in [5, 5.41) is 5.51. The normalized spacial score (nSPS) is 12.1. The van der Waals surface area contributed by atoms with Gasteiger partial charge in [0, 0.05) is 22.9 Å². The maximum Gasteiger partial charge on any atom is 0.253 e. The number of aromatic nitrogens is 3. The van der Waals surface area contributed by atoms with Crippen LogP contribution in [0.15, 0.2) is 76.7 Å². The van der Waals surface area contributed by atoms with Crippen molar-refractivity contribution in [3.63, 3.8) is 0 Å². The van der Waals surface area contributed by atoms with Gasteiger partial charge in [-0.25, -0.2) is 9.97 Å². The quantitative estimate of drug-likeness (QED) is 0.320. The van der Waals surface area contributed by atoms with Gasteiger partial charge in [-0.1, -0.05) is 54.1 Å². The van der Waals surface area contributed by atoms with Crippen LogP contribution < -0.4 is 10.9 Å². The predicted octanol–water partition coefficient (Wildman–Crippen LogP) is 5.44. The maximum atomic E-state index is 12.5. The number of rotatable bonds is 6. The summed E-state index contributed by atoms with van der Waals surface area (Å²) < 4.78 is 0. The van der Waals surface area contributed by atoms with Crippen molar-refractivity contribution in [3.8, 4) is 0 Å². The number of aromatic amines is 1. The Hall–Kier alpha value is -2.83. The lowest BCUT2D eigenvalue weighted by Crippen LogP contribution is -2.20. The minimum atomic E-state index is -0.267. The molecule has 2 aromatic heterocycles. The molecule has 2 aromatic carbocycles. The lowest BCUT2D eigenvalue weighted by Gasteiger charge is -2.14. The summed E-state index contributed by atoms with van der Waals surface area (Å²) in [6.07, 6.45) is 1.72. The van der Waals surface area contributed by atoms with Crippen LogP contribution in [0, 0.1) is 0 Å². The number of para-hydroxylation sites is 1. The summed E-state index contributed by atoms with van der Waals surface area (Å²) >= 11 is 7.82. The van der Waals surface area contributed by atoms with Crippen LogP contribution in [0.4, 0.5) is 5.95 Å². The van der Waals surface area contributed by atoms with Crippen molar-refractivity contribution < 1.29 is 0 Å². The number of benzene rings is 2. The Kier molecular flexibility index (Phi) is 5.83. The zero-order valence-electron chi connectivity index (χ0n) is 15.7. The molecule has 0 amide bonds. The minimum absolute atomic E-state index is 0.180. The third kappa shape index (κ3) is 4.60. The Labute approximate surface area is 177 Å². The van der Waals surface area contributed by atoms with Gasteiger partial charge in [0.25, 0.3) is 5.56 Å². The van der Waals surface area contributed by atoms with Crippen LogP contribution in [0.2, 0.25) is 5.02 Å². The average molecular weight is 423 g/mol. The summed E-state index contributed by atoms with van der Waals surface area (Å²) in [5.74, 6) is 1.32. The van der Waals surface area contributed by atoms with Gasteiger partial charge in [0.05, 0.1) is 16.6 Å². The second kappa shape index (κ2) is 8.68. The highest BCUT2D eigenvalue weighted by Gasteiger charge is 2.13. The van der Waals surface area contributed by atoms with E-state index in [-0.39, 0.29) is 11.6 Å². The molecule has 0 aliphatic heterocycles. The zero-order valence-corrected chi connectivity index (χ0v) is 17.3. The summed E-state index contributed by atoms with van der Waals surface area (Å²) in [5.41, 5.74) is 2.30. The highest BCUT2D eigenvalue weighted by atomic mass is 35.5. The van der Waals surface area contributed by atoms with Gasteiger partial charge < -0.3 is 10.3 Å². The molecule has 0 unspecified atom stereocenters. The molecule has 0 aliphatic rings. The van der Waals surface area contributed by atoms with Gasteiger partial charge in [0.15, 0.2) is 0 Å². The lowest BCUT2D eigenvalue weighted by atomic mass is 10.1. The van der Waals surface area contributed by atoms with Crippen molar-refractivity contribution in [2.45, 2.75) is 23.7 Å². The van der Waals surface area contributed by atoms with Crippen molar-refractivity contribution in [2.24, 2.45) is 0 Å². The molecule has 0 fully saturated rings. The van der Waals surface area contributed by atoms with E-state index in [1.54, 1.807) is 24.0 Å². The molecule has 2 N–H and O–H groups in total. The largest absolute Gasteiger partial charge is 0.347 e. The molecule has 0 saturated carbocycles. The average Bonchev–Trinajstić information content (AvgIpc) is 2.73. The second-order valence-electron chi connectivity index (χ2n) is 6.62. The van der Waals surface area contributed by atoms with Gasteiger partial charge in [-0.3, -0.25) is 4.79 Å². The smallest absolute Gasteiger partial charge is 0.253 e. The first-order valence-corrected chi connectivity index (χ1v) is 10.5. The lowest BCUT2D eigenvalue weighted by molar-refractivity contribution is 0.837. The van der Waals surface area contributed by atoms with Crippen LogP contribution in [0.1, 0.15) is 24.1 Å². The Balaban J connectivity index is 1.51. The van der Waals surface area contributed by atoms with Crippen molar-refractivity contribution >= 4 is 40.2 Å². The number of hydrogen-bond acceptors (Lipinski definition) is 5. The summed E-state index contributed by atoms with van der Waals surface area (Å²) in [4.78, 5) is 24.3. The van der Waals surface area contributed by atoms with Crippen LogP contribution in [0.5, 0.6) is 0 Å². The minimum Gasteiger partial charge on any atom is -0.347 e. The van der Waals surface area contributed by atoms with E-state index in [1.807, 2.05) is 49.4 Å². The molecular formula is C22H19ClN4OS. The van der Waals surface area contributed by atoms with Gasteiger partial charge >= 0.3 is 0 Å². The van der Waals surface area contributed by atoms with Crippen LogP contribution >= 0.6 is 23.4 Å². The van der Waals surface area contributed by atoms with Crippen LogP contribution in [-0.2, 0) is 5.75 Å². The molecule has 2 heterocycles. The number of nitrogens with one attached hydrogen (secondary N) is 2. The third-order valence-electron chi connectivity index (χ3n) is 4.53. The van der Waals surface area contributed by atoms with Crippen molar-refractivity contribution in [1.29, 1.82) is 0 Å². The second-order valence-corrected chi connectivity index (χ2v) is 8.02. The van der Waals surface area contributed by atoms with Gasteiger partial charge in [0.2, 0.25) is 5.95 Å². The molecule has 0 radical (unpaired) electrons. The Bertz CT molecular complexity index is 1200. The van der Waals surface area contributed by atoms with E-state index in [9.17, 15) is 4.79 Å². The number of nitrogens with zero attached hydrogens (tertiary/aromatic N) is 2. The number of hydrogen-bond donors (Lipinski definition) is 2. The van der Waals surface area contributed by atoms with E-state index in [1.165, 1.54) is 5.56 Å². The number of anilines is 1. The summed E-state index contributed by atoms with van der Waals surface area (Å²) in [7, 11) is 0. The number of fused-ring (bicyclic) bond motifs is 1. The van der Waals surface area contributed by atoms with Crippen LogP contribution in [-0.4, -0.2) is 15.0 Å². The van der Waals surface area contributed by atoms with E-state index in [0.717, 1.165) is 16.2 Å². The highest BCUT2D eigenvalue weighted by molar-refractivity contribution is 7.98. The van der Waals surface area contributed by atoms with E-state index in [2.05, 4.69) is 32.4 Å². The molecule has 7 heteroatoms. The van der Waals surface area contributed by atoms with Crippen molar-refractivity contribution in [2.75, 3.05) is 5.32 Å². The molecule has 146 valence electrons. The molecule has 5 nitrogen and oxygen atoms in total. The zero-order chi connectivity index (χ0) is 20.2. The van der Waals surface area contributed by atoms with Gasteiger partial charge in [-0.2, -0.15) is 0 Å². The van der Waals surface area contributed by atoms with Crippen LogP contribution in [0.25, 0.3) is 10.9 Å². The number of halogens is 1. The standard InChI is InChI=1S/C22H19ClN4OS/c1-14(17-12-16-8-5-9-18(23)20(16)27-21(17)28)25-22-24-11-10-19(26-22)29-13-15-6-3-2-4-7-15/h2-12,14H,13H2,1H3,(H,27,28)(H,24,25,26)/t14-/m0/s1. The number of H-pyrrole nitrogens is 1. The fourth-order valence-electron chi connectivity index (χ4n) is 3.03. The Morgan fingerprint density at radius 2 is 1.97 bits per heavy atom. The molecule has 4 aromatic rings. The molecular weight excluding hydrogens is 404 g/mol. The third-order valence-corrected chi connectivity index (χ3v) is 5.85. The Morgan fingerprint density at radius 1 is 1.14 bits per heavy atom. The first-order chi connectivity index (χ1) is 14.1. The fraction of sp³-hybridized carbons (Fsp3) is 0.136. The van der Waals surface area contributed by atoms with Crippen molar-refractivity contribution in [1.82, 2.24) is 15.0 Å². The molecule has 0 aliphatic carbocycles. The first-order valence-electron chi connectivity index (χ1n) is 9.18. The topological polar surface area (TPSA) is 70.7 Å². The first kappa shape index (κ1) is 19.5. The molecule has 4 rings (SSSR count). The van der Waals surface area contributed by atoms with E-state index < -0.39 is 0 Å².